The van der Waals surface area contributed by atoms with Crippen molar-refractivity contribution in [1.29, 1.82) is 0 Å². The molecular weight excluding hydrogens is 293 g/mol. The summed E-state index contributed by atoms with van der Waals surface area (Å²) in [5.41, 5.74) is 2.84. The van der Waals surface area contributed by atoms with Crippen LogP contribution < -0.4 is 0 Å². The molecule has 0 amide bonds. The van der Waals surface area contributed by atoms with Gasteiger partial charge in [-0.1, -0.05) is 30.9 Å². The van der Waals surface area contributed by atoms with Crippen molar-refractivity contribution in [3.05, 3.63) is 72.2 Å². The van der Waals surface area contributed by atoms with Crippen LogP contribution in [0.2, 0.25) is 0 Å². The molecule has 0 spiro atoms. The van der Waals surface area contributed by atoms with Gasteiger partial charge in [0, 0.05) is 17.1 Å². The fourth-order valence-electron chi connectivity index (χ4n) is 2.65. The number of pyridine rings is 1. The van der Waals surface area contributed by atoms with E-state index in [1.54, 1.807) is 30.5 Å². The monoisotopic (exact) mass is 307 g/mol. The van der Waals surface area contributed by atoms with E-state index in [4.69, 9.17) is 4.74 Å². The zero-order chi connectivity index (χ0) is 16.4. The van der Waals surface area contributed by atoms with E-state index in [0.29, 0.717) is 22.2 Å². The Bertz CT molecular complexity index is 918. The summed E-state index contributed by atoms with van der Waals surface area (Å²) < 4.78 is 18.5. The molecule has 0 aliphatic carbocycles. The zero-order valence-electron chi connectivity index (χ0n) is 12.5. The maximum Gasteiger partial charge on any atom is 0.338 e. The minimum absolute atomic E-state index is 0.333. The normalized spacial score (nSPS) is 10.5. The van der Waals surface area contributed by atoms with Crippen LogP contribution in [0.25, 0.3) is 28.1 Å². The van der Waals surface area contributed by atoms with Gasteiger partial charge in [-0.2, -0.15) is 0 Å². The number of hydrogen-bond acceptors (Lipinski definition) is 3. The van der Waals surface area contributed by atoms with E-state index in [-0.39, 0.29) is 5.82 Å². The SMILES string of the molecule is C=Cc1cc(C(=O)OC)c(-c2cccc(F)c2)c2ncccc12. The molecule has 3 rings (SSSR count). The first-order chi connectivity index (χ1) is 11.2. The Hall–Kier alpha value is -3.01. The Morgan fingerprint density at radius 3 is 2.78 bits per heavy atom. The summed E-state index contributed by atoms with van der Waals surface area (Å²) in [7, 11) is 1.31. The second-order valence-corrected chi connectivity index (χ2v) is 4.99. The third-order valence-electron chi connectivity index (χ3n) is 3.66. The Morgan fingerprint density at radius 1 is 1.26 bits per heavy atom. The molecule has 0 bridgehead atoms. The van der Waals surface area contributed by atoms with Gasteiger partial charge in [0.25, 0.3) is 0 Å². The largest absolute Gasteiger partial charge is 0.465 e. The summed E-state index contributed by atoms with van der Waals surface area (Å²) in [5, 5.41) is 0.842. The van der Waals surface area contributed by atoms with Gasteiger partial charge in [0.2, 0.25) is 0 Å². The van der Waals surface area contributed by atoms with Gasteiger partial charge in [0.15, 0.2) is 0 Å². The number of methoxy groups -OCH3 is 1. The van der Waals surface area contributed by atoms with Crippen LogP contribution in [-0.2, 0) is 4.74 Å². The average molecular weight is 307 g/mol. The van der Waals surface area contributed by atoms with Crippen molar-refractivity contribution in [2.45, 2.75) is 0 Å². The van der Waals surface area contributed by atoms with E-state index in [1.165, 1.54) is 19.2 Å². The summed E-state index contributed by atoms with van der Waals surface area (Å²) in [6, 6.07) is 11.5. The zero-order valence-corrected chi connectivity index (χ0v) is 12.5. The predicted octanol–water partition coefficient (Wildman–Crippen LogP) is 4.47. The summed E-state index contributed by atoms with van der Waals surface area (Å²) in [6.07, 6.45) is 3.30. The number of nitrogens with zero attached hydrogens (tertiary/aromatic N) is 1. The lowest BCUT2D eigenvalue weighted by Gasteiger charge is -2.14. The maximum atomic E-state index is 13.7. The summed E-state index contributed by atoms with van der Waals surface area (Å²) in [6.45, 7) is 3.78. The number of carbonyl (C=O) groups is 1. The first-order valence-electron chi connectivity index (χ1n) is 7.04. The van der Waals surface area contributed by atoms with Crippen LogP contribution >= 0.6 is 0 Å². The fourth-order valence-corrected chi connectivity index (χ4v) is 2.65. The van der Waals surface area contributed by atoms with Crippen LogP contribution in [0.15, 0.2) is 55.2 Å². The average Bonchev–Trinajstić information content (AvgIpc) is 2.59. The number of ether oxygens (including phenoxy) is 1. The molecule has 4 heteroatoms. The van der Waals surface area contributed by atoms with Crippen LogP contribution in [0, 0.1) is 5.82 Å². The van der Waals surface area contributed by atoms with Gasteiger partial charge < -0.3 is 4.74 Å². The van der Waals surface area contributed by atoms with E-state index in [1.807, 2.05) is 12.1 Å². The number of rotatable bonds is 3. The highest BCUT2D eigenvalue weighted by molar-refractivity contribution is 6.09. The standard InChI is InChI=1S/C19H14FNO2/c1-3-12-11-16(19(22)23-2)17(13-6-4-7-14(20)10-13)18-15(12)8-5-9-21-18/h3-11H,1H2,2H3. The van der Waals surface area contributed by atoms with Crippen molar-refractivity contribution >= 4 is 22.9 Å². The molecule has 114 valence electrons. The fraction of sp³-hybridized carbons (Fsp3) is 0.0526. The Labute approximate surface area is 133 Å². The third-order valence-corrected chi connectivity index (χ3v) is 3.66. The van der Waals surface area contributed by atoms with E-state index >= 15 is 0 Å². The summed E-state index contributed by atoms with van der Waals surface area (Å²) >= 11 is 0. The quantitative estimate of drug-likeness (QED) is 0.670. The van der Waals surface area contributed by atoms with Crippen molar-refractivity contribution in [3.63, 3.8) is 0 Å². The smallest absolute Gasteiger partial charge is 0.338 e. The Balaban J connectivity index is 2.46. The van der Waals surface area contributed by atoms with Crippen LogP contribution in [0.1, 0.15) is 15.9 Å². The molecule has 3 nitrogen and oxygen atoms in total. The van der Waals surface area contributed by atoms with Gasteiger partial charge in [0.05, 0.1) is 18.2 Å². The molecule has 0 atom stereocenters. The van der Waals surface area contributed by atoms with E-state index < -0.39 is 5.97 Å². The summed E-state index contributed by atoms with van der Waals surface area (Å²) in [5.74, 6) is -0.880. The molecule has 3 aromatic rings. The van der Waals surface area contributed by atoms with Crippen LogP contribution in [-0.4, -0.2) is 18.1 Å². The predicted molar refractivity (Wildman–Crippen MR) is 88.6 cm³/mol. The highest BCUT2D eigenvalue weighted by Crippen LogP contribution is 2.34. The number of hydrogen-bond donors (Lipinski definition) is 0. The van der Waals surface area contributed by atoms with Gasteiger partial charge in [-0.05, 0) is 35.4 Å². The first kappa shape index (κ1) is 14.9. The molecule has 2 aromatic carbocycles. The van der Waals surface area contributed by atoms with Crippen LogP contribution in [0.4, 0.5) is 4.39 Å². The van der Waals surface area contributed by atoms with Gasteiger partial charge in [-0.25, -0.2) is 9.18 Å². The summed E-state index contributed by atoms with van der Waals surface area (Å²) in [4.78, 5) is 16.6. The van der Waals surface area contributed by atoms with Gasteiger partial charge in [-0.3, -0.25) is 4.98 Å². The third kappa shape index (κ3) is 2.59. The lowest BCUT2D eigenvalue weighted by molar-refractivity contribution is 0.0601. The highest BCUT2D eigenvalue weighted by Gasteiger charge is 2.19. The maximum absolute atomic E-state index is 13.7. The molecule has 0 aliphatic heterocycles. The molecule has 0 saturated heterocycles. The number of carbonyl (C=O) groups excluding carboxylic acids is 1. The number of benzene rings is 2. The second kappa shape index (κ2) is 6.01. The van der Waals surface area contributed by atoms with E-state index in [0.717, 1.165) is 10.9 Å². The minimum Gasteiger partial charge on any atom is -0.465 e. The molecule has 0 N–H and O–H groups in total. The molecule has 1 heterocycles. The van der Waals surface area contributed by atoms with Crippen LogP contribution in [0.5, 0.6) is 0 Å². The van der Waals surface area contributed by atoms with Crippen molar-refractivity contribution in [2.75, 3.05) is 7.11 Å². The van der Waals surface area contributed by atoms with Crippen molar-refractivity contribution in [1.82, 2.24) is 4.98 Å². The Morgan fingerprint density at radius 2 is 2.09 bits per heavy atom. The van der Waals surface area contributed by atoms with Crippen molar-refractivity contribution < 1.29 is 13.9 Å². The molecule has 0 unspecified atom stereocenters. The highest BCUT2D eigenvalue weighted by atomic mass is 19.1. The van der Waals surface area contributed by atoms with Gasteiger partial charge in [-0.15, -0.1) is 0 Å². The van der Waals surface area contributed by atoms with Crippen molar-refractivity contribution in [3.8, 4) is 11.1 Å². The molecular formula is C19H14FNO2. The van der Waals surface area contributed by atoms with E-state index in [2.05, 4.69) is 11.6 Å². The number of fused-ring (bicyclic) bond motifs is 1. The van der Waals surface area contributed by atoms with Gasteiger partial charge >= 0.3 is 5.97 Å². The van der Waals surface area contributed by atoms with Crippen molar-refractivity contribution in [2.24, 2.45) is 0 Å². The van der Waals surface area contributed by atoms with Crippen LogP contribution in [0.3, 0.4) is 0 Å². The molecule has 23 heavy (non-hydrogen) atoms. The molecule has 0 aliphatic rings. The van der Waals surface area contributed by atoms with E-state index in [9.17, 15) is 9.18 Å². The lowest BCUT2D eigenvalue weighted by Crippen LogP contribution is -2.06. The molecule has 0 saturated carbocycles. The first-order valence-corrected chi connectivity index (χ1v) is 7.04. The number of halogens is 1. The number of aromatic nitrogens is 1. The minimum atomic E-state index is -0.500. The van der Waals surface area contributed by atoms with Gasteiger partial charge in [0.1, 0.15) is 5.82 Å². The molecule has 1 aromatic heterocycles. The lowest BCUT2D eigenvalue weighted by atomic mass is 9.93. The second-order valence-electron chi connectivity index (χ2n) is 4.99. The molecule has 0 radical (unpaired) electrons. The number of esters is 1. The topological polar surface area (TPSA) is 39.2 Å². The molecule has 0 fully saturated rings. The Kier molecular flexibility index (Phi) is 3.89.